The van der Waals surface area contributed by atoms with Crippen LogP contribution >= 0.6 is 0 Å². The van der Waals surface area contributed by atoms with Crippen molar-refractivity contribution in [2.45, 2.75) is 37.9 Å². The van der Waals surface area contributed by atoms with Gasteiger partial charge in [0.05, 0.1) is 12.2 Å². The van der Waals surface area contributed by atoms with Crippen LogP contribution < -0.4 is 5.32 Å². The summed E-state index contributed by atoms with van der Waals surface area (Å²) in [5.74, 6) is 0.0231. The summed E-state index contributed by atoms with van der Waals surface area (Å²) in [4.78, 5) is 25.7. The van der Waals surface area contributed by atoms with E-state index in [0.717, 1.165) is 11.1 Å². The fourth-order valence-corrected chi connectivity index (χ4v) is 3.28. The molecule has 0 unspecified atom stereocenters. The lowest BCUT2D eigenvalue weighted by molar-refractivity contribution is -0.130. The number of aryl methyl sites for hydroxylation is 2. The molecule has 0 spiro atoms. The van der Waals surface area contributed by atoms with Crippen LogP contribution in [0.3, 0.4) is 0 Å². The maximum Gasteiger partial charge on any atom is 0.224 e. The number of likely N-dealkylation sites (tertiary alicyclic amines) is 1. The predicted molar refractivity (Wildman–Crippen MR) is 108 cm³/mol. The molecule has 154 valence electrons. The maximum atomic E-state index is 12.2. The van der Waals surface area contributed by atoms with E-state index >= 15 is 0 Å². The van der Waals surface area contributed by atoms with E-state index in [9.17, 15) is 24.9 Å². The zero-order chi connectivity index (χ0) is 20.8. The second-order valence-electron chi connectivity index (χ2n) is 7.34. The van der Waals surface area contributed by atoms with Gasteiger partial charge in [0.2, 0.25) is 11.8 Å². The van der Waals surface area contributed by atoms with Crippen LogP contribution in [-0.2, 0) is 22.4 Å². The Hall–Kier alpha value is -2.90. The molecular formula is C22H26N2O5. The molecule has 3 rings (SSSR count). The molecule has 0 aromatic heterocycles. The number of nitrogens with one attached hydrogen (secondary N) is 1. The SMILES string of the molecule is O=C(CCc1ccc(O)cc1)Nc1ccc(CCC(=O)N2C[C@H](O)[C@@H](O)C2)cc1. The molecule has 7 nitrogen and oxygen atoms in total. The minimum Gasteiger partial charge on any atom is -0.508 e. The van der Waals surface area contributed by atoms with Crippen LogP contribution in [0.2, 0.25) is 0 Å². The van der Waals surface area contributed by atoms with Crippen LogP contribution in [0.25, 0.3) is 0 Å². The third kappa shape index (κ3) is 6.04. The Labute approximate surface area is 169 Å². The molecule has 1 fully saturated rings. The van der Waals surface area contributed by atoms with Gasteiger partial charge in [0.1, 0.15) is 5.75 Å². The van der Waals surface area contributed by atoms with E-state index in [2.05, 4.69) is 5.32 Å². The van der Waals surface area contributed by atoms with Crippen LogP contribution in [0.15, 0.2) is 48.5 Å². The first-order valence-corrected chi connectivity index (χ1v) is 9.71. The number of aromatic hydroxyl groups is 1. The van der Waals surface area contributed by atoms with E-state index in [1.54, 1.807) is 24.3 Å². The highest BCUT2D eigenvalue weighted by Crippen LogP contribution is 2.16. The molecule has 1 heterocycles. The minimum absolute atomic E-state index is 0.0905. The monoisotopic (exact) mass is 398 g/mol. The first-order valence-electron chi connectivity index (χ1n) is 9.71. The highest BCUT2D eigenvalue weighted by Gasteiger charge is 2.32. The highest BCUT2D eigenvalue weighted by molar-refractivity contribution is 5.90. The summed E-state index contributed by atoms with van der Waals surface area (Å²) in [7, 11) is 0. The maximum absolute atomic E-state index is 12.2. The largest absolute Gasteiger partial charge is 0.508 e. The number of amides is 2. The Morgan fingerprint density at radius 3 is 1.97 bits per heavy atom. The van der Waals surface area contributed by atoms with Crippen molar-refractivity contribution in [3.8, 4) is 5.75 Å². The molecular weight excluding hydrogens is 372 g/mol. The van der Waals surface area contributed by atoms with E-state index in [4.69, 9.17) is 0 Å². The molecule has 2 aromatic rings. The van der Waals surface area contributed by atoms with Gasteiger partial charge in [-0.25, -0.2) is 0 Å². The van der Waals surface area contributed by atoms with Crippen molar-refractivity contribution >= 4 is 17.5 Å². The van der Waals surface area contributed by atoms with Crippen molar-refractivity contribution in [2.75, 3.05) is 18.4 Å². The Morgan fingerprint density at radius 2 is 1.38 bits per heavy atom. The van der Waals surface area contributed by atoms with E-state index in [-0.39, 0.29) is 30.7 Å². The molecule has 4 N–H and O–H groups in total. The van der Waals surface area contributed by atoms with Crippen LogP contribution in [0.1, 0.15) is 24.0 Å². The molecule has 1 aliphatic rings. The van der Waals surface area contributed by atoms with Gasteiger partial charge in [0.15, 0.2) is 0 Å². The van der Waals surface area contributed by atoms with Crippen LogP contribution in [0.4, 0.5) is 5.69 Å². The van der Waals surface area contributed by atoms with E-state index in [1.807, 2.05) is 24.3 Å². The number of carbonyl (C=O) groups is 2. The van der Waals surface area contributed by atoms with Crippen LogP contribution in [-0.4, -0.2) is 57.3 Å². The first kappa shape index (κ1) is 20.8. The Morgan fingerprint density at radius 1 is 0.862 bits per heavy atom. The fourth-order valence-electron chi connectivity index (χ4n) is 3.28. The Bertz CT molecular complexity index is 825. The molecule has 29 heavy (non-hydrogen) atoms. The number of benzene rings is 2. The molecule has 0 radical (unpaired) electrons. The number of rotatable bonds is 7. The number of phenolic OH excluding ortho intramolecular Hbond substituents is 1. The quantitative estimate of drug-likeness (QED) is 0.564. The average molecular weight is 398 g/mol. The van der Waals surface area contributed by atoms with Gasteiger partial charge in [0.25, 0.3) is 0 Å². The van der Waals surface area contributed by atoms with Gasteiger partial charge in [-0.3, -0.25) is 9.59 Å². The number of carbonyl (C=O) groups excluding carboxylic acids is 2. The van der Waals surface area contributed by atoms with Gasteiger partial charge in [0, 0.05) is 31.6 Å². The predicted octanol–water partition coefficient (Wildman–Crippen LogP) is 1.46. The summed E-state index contributed by atoms with van der Waals surface area (Å²) in [6.07, 6.45) is 0.0570. The molecule has 2 amide bonds. The van der Waals surface area contributed by atoms with Crippen molar-refractivity contribution in [3.63, 3.8) is 0 Å². The second-order valence-corrected chi connectivity index (χ2v) is 7.34. The average Bonchev–Trinajstić information content (AvgIpc) is 3.05. The highest BCUT2D eigenvalue weighted by atomic mass is 16.3. The van der Waals surface area contributed by atoms with Crippen molar-refractivity contribution < 1.29 is 24.9 Å². The molecule has 0 bridgehead atoms. The van der Waals surface area contributed by atoms with Crippen LogP contribution in [0, 0.1) is 0 Å². The number of phenols is 1. The third-order valence-corrected chi connectivity index (χ3v) is 5.05. The lowest BCUT2D eigenvalue weighted by Crippen LogP contribution is -2.29. The van der Waals surface area contributed by atoms with Crippen molar-refractivity contribution in [2.24, 2.45) is 0 Å². The summed E-state index contributed by atoms with van der Waals surface area (Å²) < 4.78 is 0. The summed E-state index contributed by atoms with van der Waals surface area (Å²) in [5.41, 5.74) is 2.65. The Balaban J connectivity index is 1.41. The Kier molecular flexibility index (Phi) is 6.85. The molecule has 7 heteroatoms. The topological polar surface area (TPSA) is 110 Å². The number of β-amino-alcohol motifs (C(OH)–C–C–N with tert-alkyl or cyclic N) is 2. The summed E-state index contributed by atoms with van der Waals surface area (Å²) in [5, 5.41) is 31.2. The van der Waals surface area contributed by atoms with Crippen molar-refractivity contribution in [1.82, 2.24) is 4.90 Å². The number of aliphatic hydroxyl groups is 2. The second kappa shape index (κ2) is 9.54. The molecule has 2 aromatic carbocycles. The normalized spacial score (nSPS) is 18.6. The first-order chi connectivity index (χ1) is 13.9. The fraction of sp³-hybridized carbons (Fsp3) is 0.364. The molecule has 0 aliphatic carbocycles. The van der Waals surface area contributed by atoms with Crippen molar-refractivity contribution in [1.29, 1.82) is 0 Å². The van der Waals surface area contributed by atoms with Crippen molar-refractivity contribution in [3.05, 3.63) is 59.7 Å². The van der Waals surface area contributed by atoms with Gasteiger partial charge >= 0.3 is 0 Å². The van der Waals surface area contributed by atoms with Gasteiger partial charge in [-0.1, -0.05) is 24.3 Å². The van der Waals surface area contributed by atoms with Gasteiger partial charge < -0.3 is 25.5 Å². The molecule has 1 aliphatic heterocycles. The van der Waals surface area contributed by atoms with Gasteiger partial charge in [-0.2, -0.15) is 0 Å². The number of anilines is 1. The molecule has 1 saturated heterocycles. The molecule has 2 atom stereocenters. The number of nitrogens with zero attached hydrogens (tertiary/aromatic N) is 1. The summed E-state index contributed by atoms with van der Waals surface area (Å²) in [6.45, 7) is 0.351. The standard InChI is InChI=1S/C22H26N2O5/c25-18-9-3-16(4-10-18)5-11-21(28)23-17-7-1-15(2-8-17)6-12-22(29)24-13-19(26)20(27)14-24/h1-4,7-10,19-20,25-27H,5-6,11-14H2,(H,23,28)/t19-,20-/m0/s1. The lowest BCUT2D eigenvalue weighted by Gasteiger charge is -2.15. The zero-order valence-electron chi connectivity index (χ0n) is 16.1. The van der Waals surface area contributed by atoms with Gasteiger partial charge in [-0.05, 0) is 48.2 Å². The smallest absolute Gasteiger partial charge is 0.224 e. The van der Waals surface area contributed by atoms with E-state index in [0.29, 0.717) is 31.4 Å². The zero-order valence-corrected chi connectivity index (χ0v) is 16.1. The number of hydrogen-bond donors (Lipinski definition) is 4. The van der Waals surface area contributed by atoms with Gasteiger partial charge in [-0.15, -0.1) is 0 Å². The third-order valence-electron chi connectivity index (χ3n) is 5.05. The van der Waals surface area contributed by atoms with Crippen LogP contribution in [0.5, 0.6) is 5.75 Å². The van der Waals surface area contributed by atoms with E-state index < -0.39 is 12.2 Å². The number of aliphatic hydroxyl groups excluding tert-OH is 2. The lowest BCUT2D eigenvalue weighted by atomic mass is 10.1. The molecule has 0 saturated carbocycles. The number of hydrogen-bond acceptors (Lipinski definition) is 5. The summed E-state index contributed by atoms with van der Waals surface area (Å²) >= 11 is 0. The van der Waals surface area contributed by atoms with E-state index in [1.165, 1.54) is 4.90 Å². The summed E-state index contributed by atoms with van der Waals surface area (Å²) in [6, 6.07) is 14.1. The minimum atomic E-state index is -0.865.